The first kappa shape index (κ1) is 19.8. The molecule has 1 N–H and O–H groups in total. The molecule has 1 heterocycles. The number of anilines is 1. The Labute approximate surface area is 165 Å². The molecule has 1 aromatic heterocycles. The van der Waals surface area contributed by atoms with Gasteiger partial charge in [0.25, 0.3) is 16.4 Å². The SMILES string of the molecule is N#CCn1nc(NS(=O)(=O)c2ccccc2)c(-c2ccc(Cl)cc2)c1C(F)F. The van der Waals surface area contributed by atoms with Gasteiger partial charge in [0.2, 0.25) is 0 Å². The number of halogens is 3. The molecule has 0 aliphatic rings. The van der Waals surface area contributed by atoms with E-state index in [0.717, 1.165) is 4.68 Å². The van der Waals surface area contributed by atoms with Crippen molar-refractivity contribution in [2.75, 3.05) is 4.72 Å². The van der Waals surface area contributed by atoms with E-state index in [1.807, 2.05) is 0 Å². The minimum atomic E-state index is -4.08. The van der Waals surface area contributed by atoms with Gasteiger partial charge in [0.05, 0.1) is 16.5 Å². The van der Waals surface area contributed by atoms with Crippen LogP contribution in [0.5, 0.6) is 0 Å². The molecule has 3 aromatic rings. The Bertz CT molecular complexity index is 1120. The van der Waals surface area contributed by atoms with Gasteiger partial charge >= 0.3 is 0 Å². The standard InChI is InChI=1S/C18H13ClF2N4O2S/c19-13-8-6-12(7-9-13)15-16(17(20)21)25(11-10-22)23-18(15)24-28(26,27)14-4-2-1-3-5-14/h1-9,17H,11H2,(H,23,24). The first-order chi connectivity index (χ1) is 13.3. The van der Waals surface area contributed by atoms with Crippen LogP contribution in [0.1, 0.15) is 12.1 Å². The summed E-state index contributed by atoms with van der Waals surface area (Å²) in [7, 11) is -4.08. The average molecular weight is 423 g/mol. The molecule has 0 atom stereocenters. The Kier molecular flexibility index (Phi) is 5.63. The number of nitriles is 1. The molecular weight excluding hydrogens is 410 g/mol. The maximum atomic E-state index is 13.8. The molecule has 0 aliphatic heterocycles. The summed E-state index contributed by atoms with van der Waals surface area (Å²) < 4.78 is 55.9. The number of nitrogens with zero attached hydrogens (tertiary/aromatic N) is 3. The van der Waals surface area contributed by atoms with Gasteiger partial charge in [-0.2, -0.15) is 10.4 Å². The van der Waals surface area contributed by atoms with E-state index in [1.54, 1.807) is 12.1 Å². The molecule has 3 rings (SSSR count). The predicted octanol–water partition coefficient (Wildman–Crippen LogP) is 4.47. The van der Waals surface area contributed by atoms with Crippen molar-refractivity contribution in [3.8, 4) is 17.2 Å². The maximum Gasteiger partial charge on any atom is 0.280 e. The molecule has 0 unspecified atom stereocenters. The van der Waals surface area contributed by atoms with Crippen molar-refractivity contribution in [1.29, 1.82) is 5.26 Å². The summed E-state index contributed by atoms with van der Waals surface area (Å²) in [4.78, 5) is -0.0505. The molecule has 28 heavy (non-hydrogen) atoms. The van der Waals surface area contributed by atoms with Crippen molar-refractivity contribution in [1.82, 2.24) is 9.78 Å². The third-order valence-electron chi connectivity index (χ3n) is 3.84. The number of hydrogen-bond donors (Lipinski definition) is 1. The second kappa shape index (κ2) is 7.96. The van der Waals surface area contributed by atoms with Crippen LogP contribution < -0.4 is 4.72 Å². The molecule has 0 spiro atoms. The molecular formula is C18H13ClF2N4O2S. The van der Waals surface area contributed by atoms with Gasteiger partial charge in [-0.25, -0.2) is 21.9 Å². The summed E-state index contributed by atoms with van der Waals surface area (Å²) in [5.74, 6) is -0.295. The zero-order valence-corrected chi connectivity index (χ0v) is 15.8. The Morgan fingerprint density at radius 2 is 1.79 bits per heavy atom. The van der Waals surface area contributed by atoms with Crippen molar-refractivity contribution >= 4 is 27.4 Å². The van der Waals surface area contributed by atoms with Gasteiger partial charge in [-0.05, 0) is 29.8 Å². The Morgan fingerprint density at radius 1 is 1.14 bits per heavy atom. The van der Waals surface area contributed by atoms with Crippen LogP contribution in [0.3, 0.4) is 0 Å². The predicted molar refractivity (Wildman–Crippen MR) is 100 cm³/mol. The van der Waals surface area contributed by atoms with Gasteiger partial charge in [-0.15, -0.1) is 0 Å². The van der Waals surface area contributed by atoms with Crippen LogP contribution in [0.15, 0.2) is 59.5 Å². The summed E-state index contributed by atoms with van der Waals surface area (Å²) in [6, 6.07) is 15.1. The first-order valence-electron chi connectivity index (χ1n) is 7.93. The fourth-order valence-electron chi connectivity index (χ4n) is 2.64. The van der Waals surface area contributed by atoms with Crippen LogP contribution in [0.2, 0.25) is 5.02 Å². The van der Waals surface area contributed by atoms with E-state index in [2.05, 4.69) is 9.82 Å². The number of alkyl halides is 2. The smallest absolute Gasteiger partial charge is 0.261 e. The van der Waals surface area contributed by atoms with E-state index in [9.17, 15) is 17.2 Å². The van der Waals surface area contributed by atoms with E-state index in [4.69, 9.17) is 16.9 Å². The van der Waals surface area contributed by atoms with Crippen LogP contribution in [-0.2, 0) is 16.6 Å². The van der Waals surface area contributed by atoms with Crippen molar-refractivity contribution < 1.29 is 17.2 Å². The third kappa shape index (κ3) is 3.98. The summed E-state index contributed by atoms with van der Waals surface area (Å²) in [5, 5.41) is 13.2. The second-order valence-corrected chi connectivity index (χ2v) is 7.77. The summed E-state index contributed by atoms with van der Waals surface area (Å²) >= 11 is 5.86. The Morgan fingerprint density at radius 3 is 2.36 bits per heavy atom. The van der Waals surface area contributed by atoms with Crippen LogP contribution >= 0.6 is 11.6 Å². The highest BCUT2D eigenvalue weighted by atomic mass is 35.5. The van der Waals surface area contributed by atoms with Gasteiger partial charge in [0, 0.05) is 5.02 Å². The van der Waals surface area contributed by atoms with E-state index < -0.39 is 28.7 Å². The minimum absolute atomic E-state index is 0.0505. The number of sulfonamides is 1. The average Bonchev–Trinajstić information content (AvgIpc) is 3.01. The molecule has 10 heteroatoms. The van der Waals surface area contributed by atoms with E-state index in [-0.39, 0.29) is 21.8 Å². The minimum Gasteiger partial charge on any atom is -0.261 e. The molecule has 0 radical (unpaired) electrons. The van der Waals surface area contributed by atoms with Gasteiger partial charge in [0.1, 0.15) is 12.2 Å². The van der Waals surface area contributed by atoms with Gasteiger partial charge in [-0.3, -0.25) is 4.72 Å². The zero-order valence-electron chi connectivity index (χ0n) is 14.2. The third-order valence-corrected chi connectivity index (χ3v) is 5.44. The molecule has 6 nitrogen and oxygen atoms in total. The van der Waals surface area contributed by atoms with Crippen molar-refractivity contribution in [3.05, 3.63) is 65.3 Å². The molecule has 0 saturated carbocycles. The quantitative estimate of drug-likeness (QED) is 0.635. The van der Waals surface area contributed by atoms with Crippen molar-refractivity contribution in [3.63, 3.8) is 0 Å². The summed E-state index contributed by atoms with van der Waals surface area (Å²) in [6.45, 7) is -0.465. The fourth-order valence-corrected chi connectivity index (χ4v) is 3.80. The largest absolute Gasteiger partial charge is 0.280 e. The number of rotatable bonds is 6. The molecule has 0 amide bonds. The lowest BCUT2D eigenvalue weighted by Gasteiger charge is -2.09. The van der Waals surface area contributed by atoms with E-state index in [1.165, 1.54) is 48.5 Å². The topological polar surface area (TPSA) is 87.8 Å². The van der Waals surface area contributed by atoms with Crippen LogP contribution in [0, 0.1) is 11.3 Å². The normalized spacial score (nSPS) is 11.4. The van der Waals surface area contributed by atoms with E-state index in [0.29, 0.717) is 5.02 Å². The summed E-state index contributed by atoms with van der Waals surface area (Å²) in [6.07, 6.45) is -2.98. The first-order valence-corrected chi connectivity index (χ1v) is 9.79. The van der Waals surface area contributed by atoms with E-state index >= 15 is 0 Å². The number of nitrogens with one attached hydrogen (secondary N) is 1. The van der Waals surface area contributed by atoms with Crippen molar-refractivity contribution in [2.45, 2.75) is 17.9 Å². The lowest BCUT2D eigenvalue weighted by atomic mass is 10.1. The van der Waals surface area contributed by atoms with Gasteiger partial charge < -0.3 is 0 Å². The second-order valence-electron chi connectivity index (χ2n) is 5.65. The molecule has 0 saturated heterocycles. The molecule has 2 aromatic carbocycles. The van der Waals surface area contributed by atoms with Crippen LogP contribution in [0.25, 0.3) is 11.1 Å². The molecule has 0 aliphatic carbocycles. The highest BCUT2D eigenvalue weighted by molar-refractivity contribution is 7.92. The van der Waals surface area contributed by atoms with Crippen LogP contribution in [0.4, 0.5) is 14.6 Å². The number of hydrogen-bond acceptors (Lipinski definition) is 4. The Balaban J connectivity index is 2.19. The molecule has 0 bridgehead atoms. The summed E-state index contributed by atoms with van der Waals surface area (Å²) in [5.41, 5.74) is -0.384. The molecule has 0 fully saturated rings. The Hall–Kier alpha value is -2.96. The zero-order chi connectivity index (χ0) is 20.3. The highest BCUT2D eigenvalue weighted by Gasteiger charge is 2.28. The highest BCUT2D eigenvalue weighted by Crippen LogP contribution is 2.38. The van der Waals surface area contributed by atoms with Crippen molar-refractivity contribution in [2.24, 2.45) is 0 Å². The number of benzene rings is 2. The molecule has 144 valence electrons. The monoisotopic (exact) mass is 422 g/mol. The van der Waals surface area contributed by atoms with Gasteiger partial charge in [0.15, 0.2) is 5.82 Å². The maximum absolute atomic E-state index is 13.8. The van der Waals surface area contributed by atoms with Crippen LogP contribution in [-0.4, -0.2) is 18.2 Å². The lowest BCUT2D eigenvalue weighted by molar-refractivity contribution is 0.140. The number of aromatic nitrogens is 2. The fraction of sp³-hybridized carbons (Fsp3) is 0.111. The van der Waals surface area contributed by atoms with Gasteiger partial charge in [-0.1, -0.05) is 41.9 Å². The lowest BCUT2D eigenvalue weighted by Crippen LogP contribution is -2.14.